The predicted molar refractivity (Wildman–Crippen MR) is 137 cm³/mol. The lowest BCUT2D eigenvalue weighted by Gasteiger charge is -2.13. The van der Waals surface area contributed by atoms with Crippen LogP contribution in [0.15, 0.2) is 57.8 Å². The van der Waals surface area contributed by atoms with Crippen LogP contribution in [0.5, 0.6) is 5.75 Å². The second-order valence-corrected chi connectivity index (χ2v) is 10.8. The molecule has 1 N–H and O–H groups in total. The molecule has 1 saturated heterocycles. The van der Waals surface area contributed by atoms with Crippen LogP contribution in [0.25, 0.3) is 6.08 Å². The minimum absolute atomic E-state index is 0.220. The Morgan fingerprint density at radius 1 is 1.21 bits per heavy atom. The number of nitrogens with zero attached hydrogens (tertiary/aromatic N) is 3. The van der Waals surface area contributed by atoms with Crippen molar-refractivity contribution in [1.82, 2.24) is 15.1 Å². The Morgan fingerprint density at radius 3 is 2.65 bits per heavy atom. The monoisotopic (exact) mass is 532 g/mol. The molecule has 0 radical (unpaired) electrons. The number of thiocarbonyl (C=S) groups is 1. The van der Waals surface area contributed by atoms with Gasteiger partial charge in [0.05, 0.1) is 12.0 Å². The lowest BCUT2D eigenvalue weighted by molar-refractivity contribution is -0.126. The number of nitrogens with one attached hydrogen (secondary N) is 1. The first kappa shape index (κ1) is 24.3. The number of methoxy groups -OCH3 is 1. The molecule has 0 atom stereocenters. The predicted octanol–water partition coefficient (Wildman–Crippen LogP) is 4.82. The average molecular weight is 533 g/mol. The standard InChI is InChI=1S/C22H17FN4O3S4/c1-30-16-8-4-13(5-9-16)10-17-19(29)27(22(31)33-17)11-18(28)24-20-25-26-21(34-20)32-12-14-2-6-15(23)7-3-14/h2-10H,11-12H2,1H3,(H,24,25,28)/b17-10-. The van der Waals surface area contributed by atoms with Crippen molar-refractivity contribution in [3.8, 4) is 5.75 Å². The van der Waals surface area contributed by atoms with E-state index in [1.807, 2.05) is 12.1 Å². The number of thioether (sulfide) groups is 2. The molecular weight excluding hydrogens is 516 g/mol. The summed E-state index contributed by atoms with van der Waals surface area (Å²) >= 11 is 9.10. The van der Waals surface area contributed by atoms with E-state index in [1.165, 1.54) is 40.1 Å². The van der Waals surface area contributed by atoms with Gasteiger partial charge in [0, 0.05) is 5.75 Å². The van der Waals surface area contributed by atoms with Crippen molar-refractivity contribution in [3.63, 3.8) is 0 Å². The quantitative estimate of drug-likeness (QED) is 0.191. The zero-order chi connectivity index (χ0) is 24.1. The topological polar surface area (TPSA) is 84.4 Å². The van der Waals surface area contributed by atoms with Gasteiger partial charge < -0.3 is 4.74 Å². The van der Waals surface area contributed by atoms with Crippen LogP contribution in [0.2, 0.25) is 0 Å². The molecule has 2 heterocycles. The normalized spacial score (nSPS) is 14.6. The number of aromatic nitrogens is 2. The van der Waals surface area contributed by atoms with Crippen molar-refractivity contribution in [1.29, 1.82) is 0 Å². The molecule has 1 aliphatic heterocycles. The third-order valence-electron chi connectivity index (χ3n) is 4.52. The fourth-order valence-electron chi connectivity index (χ4n) is 2.83. The summed E-state index contributed by atoms with van der Waals surface area (Å²) in [6.07, 6.45) is 1.73. The number of halogens is 1. The van der Waals surface area contributed by atoms with Crippen molar-refractivity contribution in [3.05, 3.63) is 70.4 Å². The summed E-state index contributed by atoms with van der Waals surface area (Å²) in [7, 11) is 1.58. The summed E-state index contributed by atoms with van der Waals surface area (Å²) in [5.41, 5.74) is 1.77. The smallest absolute Gasteiger partial charge is 0.266 e. The van der Waals surface area contributed by atoms with Crippen LogP contribution in [-0.2, 0) is 15.3 Å². The van der Waals surface area contributed by atoms with Crippen molar-refractivity contribution in [2.75, 3.05) is 19.0 Å². The summed E-state index contributed by atoms with van der Waals surface area (Å²) in [6.45, 7) is -0.220. The number of hydrogen-bond acceptors (Lipinski definition) is 9. The first-order valence-corrected chi connectivity index (χ1v) is 12.8. The minimum atomic E-state index is -0.423. The van der Waals surface area contributed by atoms with Crippen molar-refractivity contribution < 1.29 is 18.7 Å². The van der Waals surface area contributed by atoms with Gasteiger partial charge in [-0.2, -0.15) is 0 Å². The first-order valence-electron chi connectivity index (χ1n) is 9.81. The number of carbonyl (C=O) groups excluding carboxylic acids is 2. The lowest BCUT2D eigenvalue weighted by atomic mass is 10.2. The summed E-state index contributed by atoms with van der Waals surface area (Å²) in [6, 6.07) is 13.5. The molecule has 0 spiro atoms. The highest BCUT2D eigenvalue weighted by Crippen LogP contribution is 2.33. The molecule has 1 aliphatic rings. The zero-order valence-corrected chi connectivity index (χ0v) is 21.0. The second kappa shape index (κ2) is 11.1. The van der Waals surface area contributed by atoms with Crippen molar-refractivity contribution >= 4 is 74.4 Å². The number of hydrogen-bond donors (Lipinski definition) is 1. The molecule has 0 unspecified atom stereocenters. The Labute approximate surface area is 212 Å². The largest absolute Gasteiger partial charge is 0.497 e. The maximum atomic E-state index is 13.0. The lowest BCUT2D eigenvalue weighted by Crippen LogP contribution is -2.36. The van der Waals surface area contributed by atoms with E-state index in [4.69, 9.17) is 17.0 Å². The fraction of sp³-hybridized carbons (Fsp3) is 0.136. The van der Waals surface area contributed by atoms with Crippen molar-refractivity contribution in [2.45, 2.75) is 10.1 Å². The van der Waals surface area contributed by atoms with Crippen LogP contribution in [0, 0.1) is 5.82 Å². The van der Waals surface area contributed by atoms with E-state index in [2.05, 4.69) is 15.5 Å². The number of anilines is 1. The van der Waals surface area contributed by atoms with Gasteiger partial charge in [-0.3, -0.25) is 19.8 Å². The van der Waals surface area contributed by atoms with Crippen LogP contribution in [0.3, 0.4) is 0 Å². The second-order valence-electron chi connectivity index (χ2n) is 6.88. The van der Waals surface area contributed by atoms with Gasteiger partial charge in [0.15, 0.2) is 4.34 Å². The number of ether oxygens (including phenoxy) is 1. The zero-order valence-electron chi connectivity index (χ0n) is 17.7. The number of rotatable bonds is 8. The SMILES string of the molecule is COc1ccc(/C=C2\SC(=S)N(CC(=O)Nc3nnc(SCc4ccc(F)cc4)s3)C2=O)cc1. The van der Waals surface area contributed by atoms with Crippen LogP contribution in [-0.4, -0.2) is 44.9 Å². The molecule has 4 rings (SSSR count). The van der Waals surface area contributed by atoms with E-state index >= 15 is 0 Å². The molecule has 2 aromatic carbocycles. The van der Waals surface area contributed by atoms with Gasteiger partial charge in [-0.05, 0) is 41.5 Å². The Morgan fingerprint density at radius 2 is 1.94 bits per heavy atom. The Bertz CT molecular complexity index is 1250. The number of benzene rings is 2. The fourth-order valence-corrected chi connectivity index (χ4v) is 5.81. The Kier molecular flexibility index (Phi) is 7.93. The number of carbonyl (C=O) groups is 2. The molecule has 174 valence electrons. The third-order valence-corrected chi connectivity index (χ3v) is 7.94. The van der Waals surface area contributed by atoms with Crippen LogP contribution < -0.4 is 10.1 Å². The molecule has 0 bridgehead atoms. The Balaban J connectivity index is 1.32. The molecule has 0 saturated carbocycles. The molecule has 12 heteroatoms. The maximum absolute atomic E-state index is 13.0. The first-order chi connectivity index (χ1) is 16.4. The molecular formula is C22H17FN4O3S4. The molecule has 2 amide bonds. The molecule has 3 aromatic rings. The summed E-state index contributed by atoms with van der Waals surface area (Å²) in [5.74, 6) is 0.282. The maximum Gasteiger partial charge on any atom is 0.266 e. The molecule has 1 aromatic heterocycles. The Hall–Kier alpha value is -2.80. The van der Waals surface area contributed by atoms with Gasteiger partial charge in [0.25, 0.3) is 5.91 Å². The molecule has 7 nitrogen and oxygen atoms in total. The number of amides is 2. The highest BCUT2D eigenvalue weighted by Gasteiger charge is 2.33. The van der Waals surface area contributed by atoms with Crippen LogP contribution >= 0.6 is 47.1 Å². The average Bonchev–Trinajstić information content (AvgIpc) is 3.38. The minimum Gasteiger partial charge on any atom is -0.497 e. The molecule has 1 fully saturated rings. The van der Waals surface area contributed by atoms with Gasteiger partial charge >= 0.3 is 0 Å². The van der Waals surface area contributed by atoms with E-state index in [0.717, 1.165) is 28.6 Å². The van der Waals surface area contributed by atoms with Gasteiger partial charge in [-0.25, -0.2) is 4.39 Å². The van der Waals surface area contributed by atoms with Gasteiger partial charge in [-0.1, -0.05) is 71.3 Å². The van der Waals surface area contributed by atoms with E-state index in [-0.39, 0.29) is 18.3 Å². The molecule has 34 heavy (non-hydrogen) atoms. The van der Waals surface area contributed by atoms with Gasteiger partial charge in [0.2, 0.25) is 11.0 Å². The van der Waals surface area contributed by atoms with E-state index in [9.17, 15) is 14.0 Å². The van der Waals surface area contributed by atoms with Gasteiger partial charge in [0.1, 0.15) is 22.4 Å². The summed E-state index contributed by atoms with van der Waals surface area (Å²) < 4.78 is 19.1. The molecule has 0 aliphatic carbocycles. The summed E-state index contributed by atoms with van der Waals surface area (Å²) in [4.78, 5) is 27.0. The highest BCUT2D eigenvalue weighted by molar-refractivity contribution is 8.26. The van der Waals surface area contributed by atoms with Gasteiger partial charge in [-0.15, -0.1) is 10.2 Å². The van der Waals surface area contributed by atoms with Crippen LogP contribution in [0.4, 0.5) is 9.52 Å². The van der Waals surface area contributed by atoms with E-state index in [0.29, 0.717) is 24.4 Å². The van der Waals surface area contributed by atoms with Crippen molar-refractivity contribution in [2.24, 2.45) is 0 Å². The van der Waals surface area contributed by atoms with Crippen LogP contribution in [0.1, 0.15) is 11.1 Å². The van der Waals surface area contributed by atoms with E-state index in [1.54, 1.807) is 37.5 Å². The van der Waals surface area contributed by atoms with E-state index < -0.39 is 5.91 Å². The summed E-state index contributed by atoms with van der Waals surface area (Å²) in [5, 5.41) is 11.0. The third kappa shape index (κ3) is 6.20. The highest BCUT2D eigenvalue weighted by atomic mass is 32.2.